The molecule has 0 aliphatic carbocycles. The van der Waals surface area contributed by atoms with Crippen molar-refractivity contribution in [3.8, 4) is 0 Å². The number of anilines is 2. The number of nitrogens with zero attached hydrogens (tertiary/aromatic N) is 3. The van der Waals surface area contributed by atoms with Crippen molar-refractivity contribution in [1.82, 2.24) is 14.5 Å². The quantitative estimate of drug-likeness (QED) is 0.702. The van der Waals surface area contributed by atoms with Crippen LogP contribution in [0, 0.1) is 0 Å². The van der Waals surface area contributed by atoms with Gasteiger partial charge in [-0.15, -0.1) is 0 Å². The minimum absolute atomic E-state index is 0.664. The molecule has 0 amide bonds. The van der Waals surface area contributed by atoms with E-state index in [0.29, 0.717) is 12.2 Å². The molecule has 0 aliphatic rings. The first-order valence-corrected chi connectivity index (χ1v) is 6.09. The number of aromatic nitrogens is 3. The lowest BCUT2D eigenvalue weighted by molar-refractivity contribution is 0.813. The van der Waals surface area contributed by atoms with Gasteiger partial charge in [-0.25, -0.2) is 4.98 Å². The molecule has 96 valence electrons. The van der Waals surface area contributed by atoms with Crippen molar-refractivity contribution in [3.05, 3.63) is 48.7 Å². The molecule has 3 aromatic rings. The van der Waals surface area contributed by atoms with Gasteiger partial charge < -0.3 is 15.6 Å². The topological polar surface area (TPSA) is 68.8 Å². The highest BCUT2D eigenvalue weighted by Gasteiger charge is 2.05. The van der Waals surface area contributed by atoms with Gasteiger partial charge in [0.25, 0.3) is 0 Å². The van der Waals surface area contributed by atoms with E-state index in [1.165, 1.54) is 0 Å². The molecule has 0 radical (unpaired) electrons. The SMILES string of the molecule is Cn1ccnc1CNc1ccc(N)c2ncccc12. The summed E-state index contributed by atoms with van der Waals surface area (Å²) in [4.78, 5) is 8.61. The summed E-state index contributed by atoms with van der Waals surface area (Å²) < 4.78 is 1.99. The minimum atomic E-state index is 0.664. The minimum Gasteiger partial charge on any atom is -0.397 e. The van der Waals surface area contributed by atoms with Gasteiger partial charge in [-0.1, -0.05) is 0 Å². The van der Waals surface area contributed by atoms with E-state index in [4.69, 9.17) is 5.73 Å². The van der Waals surface area contributed by atoms with E-state index in [1.54, 1.807) is 12.4 Å². The summed E-state index contributed by atoms with van der Waals surface area (Å²) in [5.74, 6) is 0.980. The van der Waals surface area contributed by atoms with Crippen molar-refractivity contribution in [1.29, 1.82) is 0 Å². The van der Waals surface area contributed by atoms with E-state index < -0.39 is 0 Å². The van der Waals surface area contributed by atoms with Gasteiger partial charge in [0, 0.05) is 36.7 Å². The Morgan fingerprint density at radius 1 is 1.21 bits per heavy atom. The summed E-state index contributed by atoms with van der Waals surface area (Å²) >= 11 is 0. The van der Waals surface area contributed by atoms with E-state index in [9.17, 15) is 0 Å². The van der Waals surface area contributed by atoms with Gasteiger partial charge in [-0.05, 0) is 24.3 Å². The Hall–Kier alpha value is -2.56. The fraction of sp³-hybridized carbons (Fsp3) is 0.143. The summed E-state index contributed by atoms with van der Waals surface area (Å²) in [6, 6.07) is 7.77. The molecule has 3 N–H and O–H groups in total. The number of pyridine rings is 1. The van der Waals surface area contributed by atoms with Crippen LogP contribution in [0.25, 0.3) is 10.9 Å². The molecule has 19 heavy (non-hydrogen) atoms. The molecule has 0 saturated carbocycles. The predicted octanol–water partition coefficient (Wildman–Crippen LogP) is 2.16. The highest BCUT2D eigenvalue weighted by molar-refractivity contribution is 5.98. The highest BCUT2D eigenvalue weighted by Crippen LogP contribution is 2.26. The van der Waals surface area contributed by atoms with Crippen LogP contribution >= 0.6 is 0 Å². The first-order valence-electron chi connectivity index (χ1n) is 6.09. The number of aryl methyl sites for hydroxylation is 1. The molecule has 2 heterocycles. The number of rotatable bonds is 3. The second kappa shape index (κ2) is 4.61. The monoisotopic (exact) mass is 253 g/mol. The zero-order chi connectivity index (χ0) is 13.2. The van der Waals surface area contributed by atoms with Crippen molar-refractivity contribution >= 4 is 22.3 Å². The van der Waals surface area contributed by atoms with Crippen LogP contribution in [-0.4, -0.2) is 14.5 Å². The van der Waals surface area contributed by atoms with Crippen molar-refractivity contribution in [2.45, 2.75) is 6.54 Å². The first-order chi connectivity index (χ1) is 9.25. The number of hydrogen-bond acceptors (Lipinski definition) is 4. The van der Waals surface area contributed by atoms with Crippen LogP contribution in [0.3, 0.4) is 0 Å². The Bertz CT molecular complexity index is 717. The molecular formula is C14H15N5. The van der Waals surface area contributed by atoms with Crippen LogP contribution in [0.5, 0.6) is 0 Å². The van der Waals surface area contributed by atoms with E-state index in [2.05, 4.69) is 15.3 Å². The third-order valence-corrected chi connectivity index (χ3v) is 3.16. The molecule has 0 atom stereocenters. The Kier molecular flexibility index (Phi) is 2.79. The molecular weight excluding hydrogens is 238 g/mol. The average Bonchev–Trinajstić information content (AvgIpc) is 2.84. The lowest BCUT2D eigenvalue weighted by atomic mass is 10.1. The van der Waals surface area contributed by atoms with Gasteiger partial charge >= 0.3 is 0 Å². The molecule has 0 spiro atoms. The van der Waals surface area contributed by atoms with Crippen molar-refractivity contribution < 1.29 is 0 Å². The molecule has 0 bridgehead atoms. The number of fused-ring (bicyclic) bond motifs is 1. The molecule has 5 heteroatoms. The van der Waals surface area contributed by atoms with Crippen LogP contribution in [-0.2, 0) is 13.6 Å². The molecule has 0 fully saturated rings. The van der Waals surface area contributed by atoms with E-state index in [-0.39, 0.29) is 0 Å². The number of hydrogen-bond donors (Lipinski definition) is 2. The number of benzene rings is 1. The molecule has 5 nitrogen and oxygen atoms in total. The molecule has 3 rings (SSSR count). The standard InChI is InChI=1S/C14H15N5/c1-19-8-7-16-13(19)9-18-12-5-4-11(15)14-10(12)3-2-6-17-14/h2-8,18H,9,15H2,1H3. The summed E-state index contributed by atoms with van der Waals surface area (Å²) in [5, 5.41) is 4.40. The number of imidazole rings is 1. The second-order valence-corrected chi connectivity index (χ2v) is 4.41. The molecule has 0 saturated heterocycles. The highest BCUT2D eigenvalue weighted by atomic mass is 15.1. The average molecular weight is 253 g/mol. The maximum absolute atomic E-state index is 5.93. The van der Waals surface area contributed by atoms with Crippen LogP contribution in [0.1, 0.15) is 5.82 Å². The lowest BCUT2D eigenvalue weighted by Gasteiger charge is -2.10. The summed E-state index contributed by atoms with van der Waals surface area (Å²) in [7, 11) is 1.98. The zero-order valence-corrected chi connectivity index (χ0v) is 10.7. The Morgan fingerprint density at radius 3 is 2.89 bits per heavy atom. The van der Waals surface area contributed by atoms with E-state index >= 15 is 0 Å². The van der Waals surface area contributed by atoms with Crippen LogP contribution in [0.2, 0.25) is 0 Å². The van der Waals surface area contributed by atoms with Crippen LogP contribution in [0.15, 0.2) is 42.9 Å². The molecule has 0 aliphatic heterocycles. The molecule has 0 unspecified atom stereocenters. The number of nitrogen functional groups attached to an aromatic ring is 1. The van der Waals surface area contributed by atoms with Gasteiger partial charge in [-0.3, -0.25) is 4.98 Å². The third kappa shape index (κ3) is 2.10. The molecule has 1 aromatic carbocycles. The normalized spacial score (nSPS) is 10.8. The summed E-state index contributed by atoms with van der Waals surface area (Å²) in [5.41, 5.74) is 8.47. The Balaban J connectivity index is 1.93. The van der Waals surface area contributed by atoms with E-state index in [1.807, 2.05) is 42.1 Å². The van der Waals surface area contributed by atoms with Gasteiger partial charge in [0.15, 0.2) is 0 Å². The maximum atomic E-state index is 5.93. The third-order valence-electron chi connectivity index (χ3n) is 3.16. The number of nitrogens with two attached hydrogens (primary N) is 1. The van der Waals surface area contributed by atoms with Gasteiger partial charge in [0.2, 0.25) is 0 Å². The zero-order valence-electron chi connectivity index (χ0n) is 10.7. The first kappa shape index (κ1) is 11.5. The van der Waals surface area contributed by atoms with Crippen molar-refractivity contribution in [2.75, 3.05) is 11.1 Å². The van der Waals surface area contributed by atoms with Gasteiger partial charge in [0.1, 0.15) is 5.82 Å². The fourth-order valence-electron chi connectivity index (χ4n) is 2.09. The number of nitrogens with one attached hydrogen (secondary N) is 1. The summed E-state index contributed by atoms with van der Waals surface area (Å²) in [6.07, 6.45) is 5.47. The van der Waals surface area contributed by atoms with Crippen LogP contribution in [0.4, 0.5) is 11.4 Å². The maximum Gasteiger partial charge on any atom is 0.127 e. The fourth-order valence-corrected chi connectivity index (χ4v) is 2.09. The Morgan fingerprint density at radius 2 is 2.11 bits per heavy atom. The Labute approximate surface area is 111 Å². The van der Waals surface area contributed by atoms with Gasteiger partial charge in [0.05, 0.1) is 17.7 Å². The summed E-state index contributed by atoms with van der Waals surface area (Å²) in [6.45, 7) is 0.664. The molecule has 2 aromatic heterocycles. The van der Waals surface area contributed by atoms with Crippen molar-refractivity contribution in [2.24, 2.45) is 7.05 Å². The second-order valence-electron chi connectivity index (χ2n) is 4.41. The largest absolute Gasteiger partial charge is 0.397 e. The van der Waals surface area contributed by atoms with E-state index in [0.717, 1.165) is 22.4 Å². The van der Waals surface area contributed by atoms with Crippen LogP contribution < -0.4 is 11.1 Å². The van der Waals surface area contributed by atoms with Crippen molar-refractivity contribution in [3.63, 3.8) is 0 Å². The lowest BCUT2D eigenvalue weighted by Crippen LogP contribution is -2.06. The van der Waals surface area contributed by atoms with Gasteiger partial charge in [-0.2, -0.15) is 0 Å². The smallest absolute Gasteiger partial charge is 0.127 e. The predicted molar refractivity (Wildman–Crippen MR) is 76.7 cm³/mol.